The summed E-state index contributed by atoms with van der Waals surface area (Å²) in [5.41, 5.74) is 0.138. The fourth-order valence-electron chi connectivity index (χ4n) is 2.89. The molecular weight excluding hydrogens is 238 g/mol. The molecule has 1 saturated carbocycles. The lowest BCUT2D eigenvalue weighted by atomic mass is 9.88. The van der Waals surface area contributed by atoms with E-state index in [0.29, 0.717) is 24.9 Å². The maximum absolute atomic E-state index is 12.0. The van der Waals surface area contributed by atoms with Crippen molar-refractivity contribution < 1.29 is 9.53 Å². The molecule has 0 aromatic carbocycles. The van der Waals surface area contributed by atoms with Crippen molar-refractivity contribution in [3.63, 3.8) is 0 Å². The Kier molecular flexibility index (Phi) is 4.31. The molecule has 17 heavy (non-hydrogen) atoms. The van der Waals surface area contributed by atoms with Gasteiger partial charge in [0, 0.05) is 24.4 Å². The first-order valence-corrected chi connectivity index (χ1v) is 7.16. The van der Waals surface area contributed by atoms with Crippen molar-refractivity contribution in [1.82, 2.24) is 5.32 Å². The number of alkyl halides is 1. The van der Waals surface area contributed by atoms with Crippen LogP contribution in [0.3, 0.4) is 0 Å². The van der Waals surface area contributed by atoms with E-state index < -0.39 is 0 Å². The van der Waals surface area contributed by atoms with E-state index in [0.717, 1.165) is 19.3 Å². The van der Waals surface area contributed by atoms with E-state index >= 15 is 0 Å². The topological polar surface area (TPSA) is 38.3 Å². The molecule has 1 aliphatic heterocycles. The molecule has 2 unspecified atom stereocenters. The summed E-state index contributed by atoms with van der Waals surface area (Å²) in [5.74, 6) is 1.03. The number of rotatable bonds is 4. The summed E-state index contributed by atoms with van der Waals surface area (Å²) in [6.45, 7) is 3.49. The molecule has 0 radical (unpaired) electrons. The average Bonchev–Trinajstić information content (AvgIpc) is 2.95. The molecule has 4 heteroatoms. The Morgan fingerprint density at radius 3 is 2.71 bits per heavy atom. The van der Waals surface area contributed by atoms with Crippen molar-refractivity contribution in [1.29, 1.82) is 0 Å². The van der Waals surface area contributed by atoms with Crippen LogP contribution in [0.15, 0.2) is 0 Å². The molecule has 98 valence electrons. The summed E-state index contributed by atoms with van der Waals surface area (Å²) in [6, 6.07) is 0. The predicted molar refractivity (Wildman–Crippen MR) is 68.2 cm³/mol. The van der Waals surface area contributed by atoms with Crippen LogP contribution in [0.25, 0.3) is 0 Å². The van der Waals surface area contributed by atoms with E-state index in [1.807, 2.05) is 0 Å². The van der Waals surface area contributed by atoms with Gasteiger partial charge < -0.3 is 10.1 Å². The van der Waals surface area contributed by atoms with Gasteiger partial charge in [-0.1, -0.05) is 19.8 Å². The second-order valence-corrected chi connectivity index (χ2v) is 5.88. The Morgan fingerprint density at radius 1 is 1.47 bits per heavy atom. The minimum absolute atomic E-state index is 0.0476. The second kappa shape index (κ2) is 5.57. The number of ether oxygens (including phenoxy) is 1. The first-order chi connectivity index (χ1) is 8.17. The van der Waals surface area contributed by atoms with E-state index in [2.05, 4.69) is 12.2 Å². The minimum Gasteiger partial charge on any atom is -0.368 e. The van der Waals surface area contributed by atoms with E-state index in [9.17, 15) is 4.79 Å². The summed E-state index contributed by atoms with van der Waals surface area (Å²) in [5, 5.41) is 3.04. The summed E-state index contributed by atoms with van der Waals surface area (Å²) in [4.78, 5) is 12.0. The van der Waals surface area contributed by atoms with Crippen LogP contribution in [0.4, 0.5) is 0 Å². The smallest absolute Gasteiger partial charge is 0.249 e. The maximum Gasteiger partial charge on any atom is 0.249 e. The van der Waals surface area contributed by atoms with Crippen molar-refractivity contribution in [3.8, 4) is 0 Å². The highest BCUT2D eigenvalue weighted by Crippen LogP contribution is 2.38. The third-order valence-electron chi connectivity index (χ3n) is 4.23. The molecule has 1 aliphatic carbocycles. The van der Waals surface area contributed by atoms with Crippen LogP contribution < -0.4 is 5.32 Å². The summed E-state index contributed by atoms with van der Waals surface area (Å²) in [6.07, 6.45) is 5.48. The van der Waals surface area contributed by atoms with Gasteiger partial charge in [-0.2, -0.15) is 0 Å². The zero-order chi connectivity index (χ0) is 12.3. The monoisotopic (exact) mass is 259 g/mol. The van der Waals surface area contributed by atoms with Gasteiger partial charge in [0.25, 0.3) is 0 Å². The average molecular weight is 260 g/mol. The molecule has 1 heterocycles. The molecule has 2 rings (SSSR count). The predicted octanol–water partition coefficient (Wildman–Crippen LogP) is 2.33. The number of hydrogen-bond acceptors (Lipinski definition) is 2. The van der Waals surface area contributed by atoms with Crippen LogP contribution in [0.5, 0.6) is 0 Å². The fourth-order valence-corrected chi connectivity index (χ4v) is 3.25. The molecule has 3 nitrogen and oxygen atoms in total. The second-order valence-electron chi connectivity index (χ2n) is 5.62. The number of halogens is 1. The number of carbonyl (C=O) groups excluding carboxylic acids is 1. The van der Waals surface area contributed by atoms with Gasteiger partial charge in [0.15, 0.2) is 0 Å². The fraction of sp³-hybridized carbons (Fsp3) is 0.923. The first kappa shape index (κ1) is 13.2. The largest absolute Gasteiger partial charge is 0.368 e. The number of hydrogen-bond donors (Lipinski definition) is 1. The lowest BCUT2D eigenvalue weighted by Gasteiger charge is -2.27. The van der Waals surface area contributed by atoms with Gasteiger partial charge in [-0.15, -0.1) is 11.6 Å². The molecule has 2 atom stereocenters. The van der Waals surface area contributed by atoms with Crippen molar-refractivity contribution in [2.45, 2.75) is 45.1 Å². The normalized spacial score (nSPS) is 31.6. The molecule has 2 fully saturated rings. The zero-order valence-electron chi connectivity index (χ0n) is 10.5. The zero-order valence-corrected chi connectivity index (χ0v) is 11.3. The van der Waals surface area contributed by atoms with Crippen LogP contribution in [-0.2, 0) is 9.53 Å². The van der Waals surface area contributed by atoms with Crippen molar-refractivity contribution >= 4 is 17.5 Å². The van der Waals surface area contributed by atoms with Crippen molar-refractivity contribution in [3.05, 3.63) is 0 Å². The molecule has 1 N–H and O–H groups in total. The van der Waals surface area contributed by atoms with Crippen LogP contribution in [0, 0.1) is 11.3 Å². The summed E-state index contributed by atoms with van der Waals surface area (Å²) < 4.78 is 5.46. The molecule has 2 aliphatic rings. The molecule has 0 aromatic rings. The Labute approximate surface area is 108 Å². The number of carbonyl (C=O) groups is 1. The third kappa shape index (κ3) is 2.94. The van der Waals surface area contributed by atoms with Crippen LogP contribution in [0.2, 0.25) is 0 Å². The Morgan fingerprint density at radius 2 is 2.18 bits per heavy atom. The molecule has 0 spiro atoms. The molecule has 1 amide bonds. The van der Waals surface area contributed by atoms with E-state index in [1.54, 1.807) is 0 Å². The van der Waals surface area contributed by atoms with Crippen LogP contribution in [0.1, 0.15) is 39.0 Å². The highest BCUT2D eigenvalue weighted by Gasteiger charge is 2.36. The van der Waals surface area contributed by atoms with Gasteiger partial charge in [0.1, 0.15) is 6.10 Å². The molecular formula is C13H22ClNO2. The quantitative estimate of drug-likeness (QED) is 0.787. The number of nitrogens with one attached hydrogen (secondary N) is 1. The van der Waals surface area contributed by atoms with E-state index in [-0.39, 0.29) is 17.4 Å². The van der Waals surface area contributed by atoms with Gasteiger partial charge in [-0.25, -0.2) is 0 Å². The minimum atomic E-state index is -0.247. The maximum atomic E-state index is 12.0. The van der Waals surface area contributed by atoms with Crippen molar-refractivity contribution in [2.75, 3.05) is 19.0 Å². The first-order valence-electron chi connectivity index (χ1n) is 6.62. The molecule has 1 saturated heterocycles. The summed E-state index contributed by atoms with van der Waals surface area (Å²) in [7, 11) is 0. The third-order valence-corrected chi connectivity index (χ3v) is 4.80. The van der Waals surface area contributed by atoms with Gasteiger partial charge in [0.05, 0.1) is 0 Å². The molecule has 0 aromatic heterocycles. The van der Waals surface area contributed by atoms with Crippen molar-refractivity contribution in [2.24, 2.45) is 11.3 Å². The number of amides is 1. The highest BCUT2D eigenvalue weighted by atomic mass is 35.5. The Balaban J connectivity index is 1.82. The highest BCUT2D eigenvalue weighted by molar-refractivity contribution is 6.18. The Hall–Kier alpha value is -0.280. The van der Waals surface area contributed by atoms with Gasteiger partial charge in [0.2, 0.25) is 5.91 Å². The van der Waals surface area contributed by atoms with Gasteiger partial charge in [-0.3, -0.25) is 4.79 Å². The van der Waals surface area contributed by atoms with Gasteiger partial charge >= 0.3 is 0 Å². The molecule has 0 bridgehead atoms. The standard InChI is InChI=1S/C13H22ClNO2/c1-10-4-7-17-11(10)12(16)15-9-13(8-14)5-2-3-6-13/h10-11H,2-9H2,1H3,(H,15,16). The van der Waals surface area contributed by atoms with E-state index in [1.165, 1.54) is 12.8 Å². The summed E-state index contributed by atoms with van der Waals surface area (Å²) >= 11 is 6.05. The lowest BCUT2D eigenvalue weighted by molar-refractivity contribution is -0.131. The van der Waals surface area contributed by atoms with Crippen LogP contribution in [-0.4, -0.2) is 31.0 Å². The SMILES string of the molecule is CC1CCOC1C(=O)NCC1(CCl)CCCC1. The Bertz CT molecular complexity index is 277. The van der Waals surface area contributed by atoms with E-state index in [4.69, 9.17) is 16.3 Å². The van der Waals surface area contributed by atoms with Crippen LogP contribution >= 0.6 is 11.6 Å². The lowest BCUT2D eigenvalue weighted by Crippen LogP contribution is -2.43. The van der Waals surface area contributed by atoms with Gasteiger partial charge in [-0.05, 0) is 25.2 Å².